The molecule has 7 nitrogen and oxygen atoms in total. The molecule has 1 aliphatic heterocycles. The highest BCUT2D eigenvalue weighted by atomic mass is 32.1. The number of primary amides is 1. The van der Waals surface area contributed by atoms with Gasteiger partial charge in [-0.05, 0) is 46.2 Å². The molecule has 0 bridgehead atoms. The average molecular weight is 381 g/mol. The first kappa shape index (κ1) is 20.6. The maximum atomic E-state index is 11.3. The second-order valence-corrected chi connectivity index (χ2v) is 8.02. The maximum absolute atomic E-state index is 11.3. The first-order valence-corrected chi connectivity index (χ1v) is 10.3. The number of aromatic nitrogens is 1. The van der Waals surface area contributed by atoms with Crippen LogP contribution in [0, 0.1) is 12.8 Å². The van der Waals surface area contributed by atoms with Gasteiger partial charge in [0.15, 0.2) is 5.96 Å². The number of hydrogen-bond donors (Lipinski definition) is 3. The maximum Gasteiger partial charge on any atom is 0.221 e. The van der Waals surface area contributed by atoms with Crippen LogP contribution in [0.15, 0.2) is 11.2 Å². The van der Waals surface area contributed by atoms with E-state index in [1.807, 2.05) is 6.20 Å². The molecule has 0 aromatic carbocycles. The Morgan fingerprint density at radius 1 is 1.50 bits per heavy atom. The van der Waals surface area contributed by atoms with Crippen molar-refractivity contribution in [2.75, 3.05) is 39.3 Å². The summed E-state index contributed by atoms with van der Waals surface area (Å²) < 4.78 is 0. The number of aryl methyl sites for hydroxylation is 1. The van der Waals surface area contributed by atoms with E-state index in [0.29, 0.717) is 0 Å². The van der Waals surface area contributed by atoms with Crippen LogP contribution < -0.4 is 16.4 Å². The van der Waals surface area contributed by atoms with Crippen molar-refractivity contribution in [3.05, 3.63) is 16.1 Å². The van der Waals surface area contributed by atoms with Gasteiger partial charge in [-0.25, -0.2) is 4.98 Å². The molecule has 1 atom stereocenters. The number of amides is 1. The second kappa shape index (κ2) is 11.1. The first-order chi connectivity index (χ1) is 12.6. The molecule has 1 aromatic heterocycles. The van der Waals surface area contributed by atoms with Gasteiger partial charge in [0.2, 0.25) is 5.91 Å². The van der Waals surface area contributed by atoms with E-state index in [2.05, 4.69) is 39.4 Å². The van der Waals surface area contributed by atoms with Gasteiger partial charge in [-0.15, -0.1) is 11.3 Å². The van der Waals surface area contributed by atoms with Crippen molar-refractivity contribution in [1.82, 2.24) is 20.5 Å². The fourth-order valence-electron chi connectivity index (χ4n) is 3.12. The summed E-state index contributed by atoms with van der Waals surface area (Å²) in [7, 11) is 0. The highest BCUT2D eigenvalue weighted by Gasteiger charge is 2.23. The quantitative estimate of drug-likeness (QED) is 0.339. The molecule has 1 aromatic rings. The molecular weight excluding hydrogens is 348 g/mol. The molecule has 146 valence electrons. The van der Waals surface area contributed by atoms with Crippen LogP contribution in [0.4, 0.5) is 0 Å². The molecule has 1 fully saturated rings. The Kier molecular flexibility index (Phi) is 8.84. The van der Waals surface area contributed by atoms with Crippen molar-refractivity contribution in [2.45, 2.75) is 39.5 Å². The molecule has 1 amide bonds. The van der Waals surface area contributed by atoms with Gasteiger partial charge in [0, 0.05) is 43.7 Å². The number of piperidine rings is 1. The molecule has 0 aliphatic carbocycles. The molecule has 1 aliphatic rings. The molecule has 2 rings (SSSR count). The van der Waals surface area contributed by atoms with Crippen LogP contribution in [0.25, 0.3) is 0 Å². The number of hydrogen-bond acceptors (Lipinski definition) is 5. The molecule has 26 heavy (non-hydrogen) atoms. The highest BCUT2D eigenvalue weighted by Crippen LogP contribution is 2.16. The predicted molar refractivity (Wildman–Crippen MR) is 108 cm³/mol. The van der Waals surface area contributed by atoms with Gasteiger partial charge < -0.3 is 21.3 Å². The minimum atomic E-state index is -0.165. The third-order valence-electron chi connectivity index (χ3n) is 4.45. The molecule has 1 saturated heterocycles. The zero-order valence-electron chi connectivity index (χ0n) is 16.0. The topological polar surface area (TPSA) is 95.6 Å². The summed E-state index contributed by atoms with van der Waals surface area (Å²) in [4.78, 5) is 24.0. The lowest BCUT2D eigenvalue weighted by Crippen LogP contribution is -2.41. The van der Waals surface area contributed by atoms with Crippen LogP contribution in [-0.2, 0) is 11.2 Å². The zero-order chi connectivity index (χ0) is 18.8. The fourth-order valence-corrected chi connectivity index (χ4v) is 3.91. The Morgan fingerprint density at radius 3 is 3.04 bits per heavy atom. The molecule has 0 radical (unpaired) electrons. The number of nitrogens with one attached hydrogen (secondary N) is 2. The van der Waals surface area contributed by atoms with E-state index in [1.54, 1.807) is 11.3 Å². The van der Waals surface area contributed by atoms with Gasteiger partial charge in [-0.1, -0.05) is 0 Å². The number of guanidine groups is 1. The Bertz CT molecular complexity index is 588. The lowest BCUT2D eigenvalue weighted by atomic mass is 9.97. The zero-order valence-corrected chi connectivity index (χ0v) is 16.8. The summed E-state index contributed by atoms with van der Waals surface area (Å²) in [6.07, 6.45) is 5.79. The Hall–Kier alpha value is -1.67. The number of nitrogens with zero attached hydrogens (tertiary/aromatic N) is 3. The van der Waals surface area contributed by atoms with Crippen molar-refractivity contribution in [3.63, 3.8) is 0 Å². The lowest BCUT2D eigenvalue weighted by Gasteiger charge is -2.30. The lowest BCUT2D eigenvalue weighted by molar-refractivity contribution is -0.123. The monoisotopic (exact) mass is 380 g/mol. The van der Waals surface area contributed by atoms with Crippen molar-refractivity contribution >= 4 is 23.2 Å². The number of nitrogens with two attached hydrogens (primary N) is 1. The number of aliphatic imine (C=N–C) groups is 1. The average Bonchev–Trinajstić information content (AvgIpc) is 3.04. The summed E-state index contributed by atoms with van der Waals surface area (Å²) in [5, 5.41) is 7.80. The third-order valence-corrected chi connectivity index (χ3v) is 5.43. The Labute approximate surface area is 160 Å². The van der Waals surface area contributed by atoms with E-state index in [4.69, 9.17) is 5.73 Å². The minimum absolute atomic E-state index is 0.0146. The van der Waals surface area contributed by atoms with Crippen molar-refractivity contribution in [1.29, 1.82) is 0 Å². The SMILES string of the molecule is CCNC(=NCCCN1CCCC(C(N)=O)C1)NCCc1ncc(C)s1. The largest absolute Gasteiger partial charge is 0.369 e. The number of likely N-dealkylation sites (tertiary alicyclic amines) is 1. The molecule has 2 heterocycles. The number of carbonyl (C=O) groups excluding carboxylic acids is 1. The van der Waals surface area contributed by atoms with Crippen LogP contribution >= 0.6 is 11.3 Å². The van der Waals surface area contributed by atoms with E-state index in [9.17, 15) is 4.79 Å². The Balaban J connectivity index is 1.68. The number of rotatable bonds is 9. The third kappa shape index (κ3) is 7.29. The molecule has 0 spiro atoms. The summed E-state index contributed by atoms with van der Waals surface area (Å²) >= 11 is 1.74. The van der Waals surface area contributed by atoms with Gasteiger partial charge in [0.25, 0.3) is 0 Å². The predicted octanol–water partition coefficient (Wildman–Crippen LogP) is 1.14. The van der Waals surface area contributed by atoms with Crippen LogP contribution in [0.3, 0.4) is 0 Å². The van der Waals surface area contributed by atoms with Gasteiger partial charge in [0.05, 0.1) is 10.9 Å². The van der Waals surface area contributed by atoms with Crippen LogP contribution in [-0.4, -0.2) is 61.0 Å². The summed E-state index contributed by atoms with van der Waals surface area (Å²) in [5.74, 6) is 0.706. The second-order valence-electron chi connectivity index (χ2n) is 6.70. The molecular formula is C18H32N6OS. The van der Waals surface area contributed by atoms with Crippen molar-refractivity contribution in [3.8, 4) is 0 Å². The summed E-state index contributed by atoms with van der Waals surface area (Å²) in [6.45, 7) is 9.39. The molecule has 1 unspecified atom stereocenters. The van der Waals surface area contributed by atoms with E-state index in [1.165, 1.54) is 4.88 Å². The molecule has 0 saturated carbocycles. The Morgan fingerprint density at radius 2 is 2.35 bits per heavy atom. The number of carbonyl (C=O) groups is 1. The number of thiazole rings is 1. The van der Waals surface area contributed by atoms with Crippen molar-refractivity contribution in [2.24, 2.45) is 16.6 Å². The highest BCUT2D eigenvalue weighted by molar-refractivity contribution is 7.11. The van der Waals surface area contributed by atoms with E-state index in [0.717, 1.165) is 75.9 Å². The fraction of sp³-hybridized carbons (Fsp3) is 0.722. The van der Waals surface area contributed by atoms with Crippen molar-refractivity contribution < 1.29 is 4.79 Å². The molecule has 8 heteroatoms. The van der Waals surface area contributed by atoms with Gasteiger partial charge in [-0.3, -0.25) is 9.79 Å². The van der Waals surface area contributed by atoms with Crippen LogP contribution in [0.2, 0.25) is 0 Å². The van der Waals surface area contributed by atoms with Gasteiger partial charge >= 0.3 is 0 Å². The van der Waals surface area contributed by atoms with E-state index < -0.39 is 0 Å². The normalized spacial score (nSPS) is 18.7. The van der Waals surface area contributed by atoms with Gasteiger partial charge in [-0.2, -0.15) is 0 Å². The smallest absolute Gasteiger partial charge is 0.221 e. The first-order valence-electron chi connectivity index (χ1n) is 9.53. The van der Waals surface area contributed by atoms with E-state index in [-0.39, 0.29) is 11.8 Å². The minimum Gasteiger partial charge on any atom is -0.369 e. The molecule has 4 N–H and O–H groups in total. The van der Waals surface area contributed by atoms with E-state index >= 15 is 0 Å². The summed E-state index contributed by atoms with van der Waals surface area (Å²) in [6, 6.07) is 0. The van der Waals surface area contributed by atoms with Gasteiger partial charge in [0.1, 0.15) is 0 Å². The van der Waals surface area contributed by atoms with Crippen LogP contribution in [0.5, 0.6) is 0 Å². The van der Waals surface area contributed by atoms with Crippen LogP contribution in [0.1, 0.15) is 36.1 Å². The summed E-state index contributed by atoms with van der Waals surface area (Å²) in [5.41, 5.74) is 5.44. The standard InChI is InChI=1S/C18H32N6OS/c1-3-20-18(22-9-7-16-23-12-14(2)26-16)21-8-5-11-24-10-4-6-15(13-24)17(19)25/h12,15H,3-11,13H2,1-2H3,(H2,19,25)(H2,20,21,22).